The number of hydrogen-bond acceptors (Lipinski definition) is 4. The van der Waals surface area contributed by atoms with Crippen LogP contribution in [0.15, 0.2) is 18.2 Å². The van der Waals surface area contributed by atoms with Gasteiger partial charge in [-0.3, -0.25) is 0 Å². The minimum atomic E-state index is 0.519. The minimum absolute atomic E-state index is 0.519. The van der Waals surface area contributed by atoms with Crippen molar-refractivity contribution in [2.45, 2.75) is 25.2 Å². The third-order valence-electron chi connectivity index (χ3n) is 4.50. The molecular formula is C16H18ClN3S. The fourth-order valence-corrected chi connectivity index (χ4v) is 4.10. The molecule has 0 amide bonds. The molecule has 0 atom stereocenters. The first kappa shape index (κ1) is 13.6. The lowest BCUT2D eigenvalue weighted by Gasteiger charge is -2.29. The van der Waals surface area contributed by atoms with Gasteiger partial charge in [-0.25, -0.2) is 9.97 Å². The van der Waals surface area contributed by atoms with E-state index in [0.29, 0.717) is 11.1 Å². The predicted molar refractivity (Wildman–Crippen MR) is 90.7 cm³/mol. The normalized spacial score (nSPS) is 19.8. The van der Waals surface area contributed by atoms with E-state index in [1.165, 1.54) is 36.5 Å². The smallest absolute Gasteiger partial charge is 0.140 e. The van der Waals surface area contributed by atoms with Crippen molar-refractivity contribution in [3.63, 3.8) is 0 Å². The van der Waals surface area contributed by atoms with Crippen molar-refractivity contribution in [2.24, 2.45) is 0 Å². The molecule has 1 aliphatic heterocycles. The number of hydrogen-bond donors (Lipinski definition) is 0. The quantitative estimate of drug-likeness (QED) is 0.779. The number of rotatable bonds is 2. The first-order chi connectivity index (χ1) is 10.3. The maximum absolute atomic E-state index is 6.42. The van der Waals surface area contributed by atoms with Crippen molar-refractivity contribution in [1.82, 2.24) is 9.97 Å². The highest BCUT2D eigenvalue weighted by Crippen LogP contribution is 2.36. The second kappa shape index (κ2) is 5.65. The molecule has 2 aromatic rings. The predicted octanol–water partition coefficient (Wildman–Crippen LogP) is 4.10. The molecule has 5 heteroatoms. The van der Waals surface area contributed by atoms with Gasteiger partial charge in [-0.1, -0.05) is 18.0 Å². The number of nitrogens with zero attached hydrogens (tertiary/aromatic N) is 3. The molecule has 2 fully saturated rings. The zero-order chi connectivity index (χ0) is 14.2. The molecule has 1 aromatic carbocycles. The van der Waals surface area contributed by atoms with Gasteiger partial charge in [0.25, 0.3) is 0 Å². The van der Waals surface area contributed by atoms with Gasteiger partial charge in [0.2, 0.25) is 0 Å². The first-order valence-electron chi connectivity index (χ1n) is 7.61. The molecule has 0 unspecified atom stereocenters. The molecule has 1 saturated carbocycles. The summed E-state index contributed by atoms with van der Waals surface area (Å²) < 4.78 is 0. The first-order valence-corrected chi connectivity index (χ1v) is 9.14. The van der Waals surface area contributed by atoms with E-state index in [4.69, 9.17) is 16.6 Å². The Kier molecular flexibility index (Phi) is 3.67. The Morgan fingerprint density at radius 1 is 1.14 bits per heavy atom. The van der Waals surface area contributed by atoms with Crippen LogP contribution in [0.3, 0.4) is 0 Å². The van der Waals surface area contributed by atoms with E-state index in [0.717, 1.165) is 29.8 Å². The summed E-state index contributed by atoms with van der Waals surface area (Å²) >= 11 is 8.45. The van der Waals surface area contributed by atoms with Crippen LogP contribution in [0.5, 0.6) is 0 Å². The monoisotopic (exact) mass is 319 g/mol. The van der Waals surface area contributed by atoms with Gasteiger partial charge in [0.05, 0.1) is 5.52 Å². The van der Waals surface area contributed by atoms with Crippen molar-refractivity contribution in [1.29, 1.82) is 0 Å². The summed E-state index contributed by atoms with van der Waals surface area (Å²) in [6, 6.07) is 6.42. The van der Waals surface area contributed by atoms with E-state index in [9.17, 15) is 0 Å². The lowest BCUT2D eigenvalue weighted by atomic mass is 9.85. The molecule has 4 rings (SSSR count). The maximum atomic E-state index is 6.42. The van der Waals surface area contributed by atoms with Gasteiger partial charge in [0.1, 0.15) is 11.0 Å². The van der Waals surface area contributed by atoms with Gasteiger partial charge < -0.3 is 4.90 Å². The van der Waals surface area contributed by atoms with Gasteiger partial charge >= 0.3 is 0 Å². The number of aromatic nitrogens is 2. The average molecular weight is 320 g/mol. The summed E-state index contributed by atoms with van der Waals surface area (Å²) in [7, 11) is 0. The molecule has 0 spiro atoms. The molecule has 2 aliphatic rings. The Hall–Kier alpha value is -1.00. The van der Waals surface area contributed by atoms with E-state index in [-0.39, 0.29) is 0 Å². The second-order valence-corrected chi connectivity index (χ2v) is 7.38. The minimum Gasteiger partial charge on any atom is -0.370 e. The van der Waals surface area contributed by atoms with E-state index >= 15 is 0 Å². The topological polar surface area (TPSA) is 29.0 Å². The average Bonchev–Trinajstić information content (AvgIpc) is 2.46. The highest BCUT2D eigenvalue weighted by Gasteiger charge is 2.23. The van der Waals surface area contributed by atoms with Crippen molar-refractivity contribution < 1.29 is 0 Å². The molecule has 0 radical (unpaired) electrons. The fourth-order valence-electron chi connectivity index (χ4n) is 2.96. The Bertz CT molecular complexity index is 666. The molecule has 3 nitrogen and oxygen atoms in total. The third kappa shape index (κ3) is 2.59. The standard InChI is InChI=1S/C16H18ClN3S/c17-15-13-10-12(20-6-8-21-9-7-20)4-5-14(13)18-16(19-15)11-2-1-3-11/h4-5,10-11H,1-3,6-9H2. The van der Waals surface area contributed by atoms with Gasteiger partial charge in [0.15, 0.2) is 0 Å². The molecular weight excluding hydrogens is 302 g/mol. The van der Waals surface area contributed by atoms with E-state index < -0.39 is 0 Å². The summed E-state index contributed by atoms with van der Waals surface area (Å²) in [5, 5.41) is 1.59. The van der Waals surface area contributed by atoms with Crippen LogP contribution >= 0.6 is 23.4 Å². The highest BCUT2D eigenvalue weighted by molar-refractivity contribution is 7.99. The van der Waals surface area contributed by atoms with Crippen LogP contribution in [0, 0.1) is 0 Å². The Morgan fingerprint density at radius 3 is 2.67 bits per heavy atom. The van der Waals surface area contributed by atoms with Gasteiger partial charge in [-0.05, 0) is 31.0 Å². The van der Waals surface area contributed by atoms with Crippen LogP contribution in [0.4, 0.5) is 5.69 Å². The summed E-state index contributed by atoms with van der Waals surface area (Å²) in [4.78, 5) is 11.7. The van der Waals surface area contributed by atoms with Gasteiger partial charge in [0, 0.05) is 41.6 Å². The van der Waals surface area contributed by atoms with Crippen LogP contribution in [0.1, 0.15) is 31.0 Å². The van der Waals surface area contributed by atoms with E-state index in [1.54, 1.807) is 0 Å². The summed E-state index contributed by atoms with van der Waals surface area (Å²) in [6.07, 6.45) is 3.69. The number of thioether (sulfide) groups is 1. The lowest BCUT2D eigenvalue weighted by molar-refractivity contribution is 0.402. The second-order valence-electron chi connectivity index (χ2n) is 5.80. The molecule has 2 heterocycles. The molecule has 1 aliphatic carbocycles. The number of fused-ring (bicyclic) bond motifs is 1. The van der Waals surface area contributed by atoms with E-state index in [2.05, 4.69) is 28.1 Å². The zero-order valence-electron chi connectivity index (χ0n) is 11.9. The molecule has 1 saturated heterocycles. The number of benzene rings is 1. The number of halogens is 1. The van der Waals surface area contributed by atoms with Gasteiger partial charge in [-0.2, -0.15) is 11.8 Å². The SMILES string of the molecule is Clc1nc(C2CCC2)nc2ccc(N3CCSCC3)cc12. The van der Waals surface area contributed by atoms with Crippen LogP contribution < -0.4 is 4.90 Å². The number of anilines is 1. The van der Waals surface area contributed by atoms with Crippen LogP contribution in [-0.4, -0.2) is 34.6 Å². The summed E-state index contributed by atoms with van der Waals surface area (Å²) in [5.41, 5.74) is 2.22. The van der Waals surface area contributed by atoms with Crippen molar-refractivity contribution in [3.05, 3.63) is 29.2 Å². The van der Waals surface area contributed by atoms with Gasteiger partial charge in [-0.15, -0.1) is 0 Å². The lowest BCUT2D eigenvalue weighted by Crippen LogP contribution is -2.32. The molecule has 0 bridgehead atoms. The maximum Gasteiger partial charge on any atom is 0.140 e. The van der Waals surface area contributed by atoms with E-state index in [1.807, 2.05) is 11.8 Å². The van der Waals surface area contributed by atoms with Crippen molar-refractivity contribution >= 4 is 40.0 Å². The molecule has 0 N–H and O–H groups in total. The third-order valence-corrected chi connectivity index (χ3v) is 5.73. The summed E-state index contributed by atoms with van der Waals surface area (Å²) in [6.45, 7) is 2.21. The molecule has 1 aromatic heterocycles. The Balaban J connectivity index is 1.71. The van der Waals surface area contributed by atoms with Crippen molar-refractivity contribution in [2.75, 3.05) is 29.5 Å². The molecule has 110 valence electrons. The fraction of sp³-hybridized carbons (Fsp3) is 0.500. The Labute approximate surface area is 134 Å². The molecule has 21 heavy (non-hydrogen) atoms. The van der Waals surface area contributed by atoms with Crippen molar-refractivity contribution in [3.8, 4) is 0 Å². The van der Waals surface area contributed by atoms with Crippen LogP contribution in [0.25, 0.3) is 10.9 Å². The zero-order valence-corrected chi connectivity index (χ0v) is 13.5. The highest BCUT2D eigenvalue weighted by atomic mass is 35.5. The van der Waals surface area contributed by atoms with Crippen LogP contribution in [0.2, 0.25) is 5.15 Å². The van der Waals surface area contributed by atoms with Crippen LogP contribution in [-0.2, 0) is 0 Å². The summed E-state index contributed by atoms with van der Waals surface area (Å²) in [5.74, 6) is 3.85. The Morgan fingerprint density at radius 2 is 1.95 bits per heavy atom. The largest absolute Gasteiger partial charge is 0.370 e.